The molecule has 1 aromatic rings. The molecule has 0 radical (unpaired) electrons. The molecule has 0 aliphatic carbocycles. The molecule has 0 spiro atoms. The molecule has 1 unspecified atom stereocenters. The molecular formula is C11H17N3O2. The smallest absolute Gasteiger partial charge is 0.339 e. The minimum atomic E-state index is -0.844. The molecule has 16 heavy (non-hydrogen) atoms. The molecule has 0 saturated heterocycles. The third-order valence-corrected chi connectivity index (χ3v) is 1.93. The SMILES string of the molecule is CCOC(=O)C(N)NNCc1ccccc1. The molecule has 0 fully saturated rings. The molecule has 0 aliphatic heterocycles. The Morgan fingerprint density at radius 2 is 2.12 bits per heavy atom. The third-order valence-electron chi connectivity index (χ3n) is 1.93. The number of hydrogen-bond acceptors (Lipinski definition) is 5. The Kier molecular flexibility index (Phi) is 5.49. The largest absolute Gasteiger partial charge is 0.464 e. The van der Waals surface area contributed by atoms with E-state index < -0.39 is 12.1 Å². The molecule has 1 rings (SSSR count). The van der Waals surface area contributed by atoms with Gasteiger partial charge in [0.1, 0.15) is 0 Å². The Bertz CT molecular complexity index is 316. The number of hydrazine groups is 1. The first-order chi connectivity index (χ1) is 7.74. The molecule has 0 aliphatic rings. The summed E-state index contributed by atoms with van der Waals surface area (Å²) in [6.45, 7) is 2.66. The maximum atomic E-state index is 11.1. The Hall–Kier alpha value is -1.43. The Morgan fingerprint density at radius 1 is 1.44 bits per heavy atom. The number of esters is 1. The van der Waals surface area contributed by atoms with Gasteiger partial charge in [-0.25, -0.2) is 10.2 Å². The highest BCUT2D eigenvalue weighted by molar-refractivity contribution is 5.74. The molecular weight excluding hydrogens is 206 g/mol. The maximum Gasteiger partial charge on any atom is 0.339 e. The van der Waals surface area contributed by atoms with E-state index in [2.05, 4.69) is 10.9 Å². The number of benzene rings is 1. The fourth-order valence-corrected chi connectivity index (χ4v) is 1.15. The summed E-state index contributed by atoms with van der Waals surface area (Å²) in [6.07, 6.45) is -0.844. The maximum absolute atomic E-state index is 11.1. The van der Waals surface area contributed by atoms with Crippen LogP contribution < -0.4 is 16.6 Å². The van der Waals surface area contributed by atoms with Crippen LogP contribution >= 0.6 is 0 Å². The van der Waals surface area contributed by atoms with Crippen LogP contribution in [-0.4, -0.2) is 18.7 Å². The fraction of sp³-hybridized carbons (Fsp3) is 0.364. The van der Waals surface area contributed by atoms with Crippen LogP contribution in [0, 0.1) is 0 Å². The monoisotopic (exact) mass is 223 g/mol. The van der Waals surface area contributed by atoms with Crippen molar-refractivity contribution in [3.63, 3.8) is 0 Å². The van der Waals surface area contributed by atoms with Crippen LogP contribution in [0.15, 0.2) is 30.3 Å². The van der Waals surface area contributed by atoms with E-state index in [0.717, 1.165) is 5.56 Å². The predicted octanol–water partition coefficient (Wildman–Crippen LogP) is 0.129. The van der Waals surface area contributed by atoms with E-state index >= 15 is 0 Å². The van der Waals surface area contributed by atoms with Gasteiger partial charge >= 0.3 is 5.97 Å². The lowest BCUT2D eigenvalue weighted by molar-refractivity contribution is -0.145. The summed E-state index contributed by atoms with van der Waals surface area (Å²) in [5.41, 5.74) is 12.2. The summed E-state index contributed by atoms with van der Waals surface area (Å²) in [5.74, 6) is -0.469. The van der Waals surface area contributed by atoms with Crippen molar-refractivity contribution in [2.75, 3.05) is 6.61 Å². The zero-order valence-electron chi connectivity index (χ0n) is 9.27. The first-order valence-electron chi connectivity index (χ1n) is 5.18. The van der Waals surface area contributed by atoms with Crippen molar-refractivity contribution < 1.29 is 9.53 Å². The summed E-state index contributed by atoms with van der Waals surface area (Å²) < 4.78 is 4.74. The first kappa shape index (κ1) is 12.6. The minimum Gasteiger partial charge on any atom is -0.464 e. The van der Waals surface area contributed by atoms with Crippen molar-refractivity contribution >= 4 is 5.97 Å². The zero-order chi connectivity index (χ0) is 11.8. The molecule has 0 heterocycles. The second-order valence-corrected chi connectivity index (χ2v) is 3.21. The van der Waals surface area contributed by atoms with Gasteiger partial charge in [0.25, 0.3) is 0 Å². The van der Waals surface area contributed by atoms with Gasteiger partial charge in [0, 0.05) is 6.54 Å². The average Bonchev–Trinajstić information content (AvgIpc) is 2.30. The lowest BCUT2D eigenvalue weighted by atomic mass is 10.2. The quantitative estimate of drug-likeness (QED) is 0.363. The van der Waals surface area contributed by atoms with Crippen molar-refractivity contribution in [3.05, 3.63) is 35.9 Å². The van der Waals surface area contributed by atoms with Crippen molar-refractivity contribution in [3.8, 4) is 0 Å². The summed E-state index contributed by atoms with van der Waals surface area (Å²) >= 11 is 0. The van der Waals surface area contributed by atoms with E-state index in [-0.39, 0.29) is 0 Å². The lowest BCUT2D eigenvalue weighted by Gasteiger charge is -2.13. The number of carbonyl (C=O) groups is 1. The average molecular weight is 223 g/mol. The molecule has 1 aromatic carbocycles. The highest BCUT2D eigenvalue weighted by Gasteiger charge is 2.12. The van der Waals surface area contributed by atoms with Gasteiger partial charge in [0.15, 0.2) is 6.17 Å². The highest BCUT2D eigenvalue weighted by atomic mass is 16.5. The van der Waals surface area contributed by atoms with Gasteiger partial charge in [-0.15, -0.1) is 0 Å². The topological polar surface area (TPSA) is 76.4 Å². The molecule has 5 nitrogen and oxygen atoms in total. The molecule has 1 atom stereocenters. The molecule has 0 saturated carbocycles. The van der Waals surface area contributed by atoms with Crippen LogP contribution in [0.1, 0.15) is 12.5 Å². The van der Waals surface area contributed by atoms with Crippen molar-refractivity contribution in [2.24, 2.45) is 5.73 Å². The zero-order valence-corrected chi connectivity index (χ0v) is 9.27. The van der Waals surface area contributed by atoms with Gasteiger partial charge in [-0.1, -0.05) is 30.3 Å². The molecule has 0 amide bonds. The van der Waals surface area contributed by atoms with Gasteiger partial charge < -0.3 is 10.5 Å². The Balaban J connectivity index is 2.23. The van der Waals surface area contributed by atoms with E-state index in [1.165, 1.54) is 0 Å². The van der Waals surface area contributed by atoms with Crippen LogP contribution in [-0.2, 0) is 16.1 Å². The van der Waals surface area contributed by atoms with Crippen LogP contribution in [0.3, 0.4) is 0 Å². The second kappa shape index (κ2) is 6.95. The molecule has 0 bridgehead atoms. The minimum absolute atomic E-state index is 0.326. The number of rotatable bonds is 6. The summed E-state index contributed by atoms with van der Waals surface area (Å²) in [7, 11) is 0. The number of carbonyl (C=O) groups excluding carboxylic acids is 1. The van der Waals surface area contributed by atoms with E-state index in [1.807, 2.05) is 30.3 Å². The van der Waals surface area contributed by atoms with Gasteiger partial charge in [0.2, 0.25) is 0 Å². The number of ether oxygens (including phenoxy) is 1. The van der Waals surface area contributed by atoms with E-state index in [4.69, 9.17) is 10.5 Å². The normalized spacial score (nSPS) is 12.1. The van der Waals surface area contributed by atoms with Crippen LogP contribution in [0.25, 0.3) is 0 Å². The van der Waals surface area contributed by atoms with Gasteiger partial charge in [-0.05, 0) is 12.5 Å². The van der Waals surface area contributed by atoms with Crippen LogP contribution in [0.2, 0.25) is 0 Å². The molecule has 0 aromatic heterocycles. The number of hydrogen-bond donors (Lipinski definition) is 3. The van der Waals surface area contributed by atoms with Gasteiger partial charge in [-0.2, -0.15) is 0 Å². The second-order valence-electron chi connectivity index (χ2n) is 3.21. The molecule has 88 valence electrons. The van der Waals surface area contributed by atoms with E-state index in [9.17, 15) is 4.79 Å². The van der Waals surface area contributed by atoms with Crippen LogP contribution in [0.5, 0.6) is 0 Å². The van der Waals surface area contributed by atoms with Gasteiger partial charge in [0.05, 0.1) is 6.61 Å². The standard InChI is InChI=1S/C11H17N3O2/c1-2-16-11(15)10(12)14-13-8-9-6-4-3-5-7-9/h3-7,10,13-14H,2,8,12H2,1H3. The lowest BCUT2D eigenvalue weighted by Crippen LogP contribution is -2.51. The predicted molar refractivity (Wildman–Crippen MR) is 61.0 cm³/mol. The summed E-state index contributed by atoms with van der Waals surface area (Å²) in [5, 5.41) is 0. The summed E-state index contributed by atoms with van der Waals surface area (Å²) in [6, 6.07) is 9.79. The summed E-state index contributed by atoms with van der Waals surface area (Å²) in [4.78, 5) is 11.1. The first-order valence-corrected chi connectivity index (χ1v) is 5.18. The third kappa shape index (κ3) is 4.39. The van der Waals surface area contributed by atoms with Crippen molar-refractivity contribution in [2.45, 2.75) is 19.6 Å². The van der Waals surface area contributed by atoms with Crippen molar-refractivity contribution in [1.82, 2.24) is 10.9 Å². The van der Waals surface area contributed by atoms with Crippen LogP contribution in [0.4, 0.5) is 0 Å². The Labute approximate surface area is 94.9 Å². The molecule has 5 heteroatoms. The van der Waals surface area contributed by atoms with Gasteiger partial charge in [-0.3, -0.25) is 5.43 Å². The van der Waals surface area contributed by atoms with E-state index in [1.54, 1.807) is 6.92 Å². The van der Waals surface area contributed by atoms with Crippen molar-refractivity contribution in [1.29, 1.82) is 0 Å². The number of nitrogens with one attached hydrogen (secondary N) is 2. The highest BCUT2D eigenvalue weighted by Crippen LogP contribution is 1.96. The van der Waals surface area contributed by atoms with E-state index in [0.29, 0.717) is 13.2 Å². The fourth-order valence-electron chi connectivity index (χ4n) is 1.15. The molecule has 4 N–H and O–H groups in total. The number of nitrogens with two attached hydrogens (primary N) is 1. The Morgan fingerprint density at radius 3 is 2.75 bits per heavy atom.